The smallest absolute Gasteiger partial charge is 0.273 e. The van der Waals surface area contributed by atoms with Crippen molar-refractivity contribution in [3.8, 4) is 0 Å². The summed E-state index contributed by atoms with van der Waals surface area (Å²) < 4.78 is 5.31. The van der Waals surface area contributed by atoms with E-state index in [-0.39, 0.29) is 29.5 Å². The van der Waals surface area contributed by atoms with Gasteiger partial charge in [0.25, 0.3) is 5.91 Å². The first kappa shape index (κ1) is 17.3. The quantitative estimate of drug-likeness (QED) is 0.613. The molecule has 1 fully saturated rings. The Bertz CT molecular complexity index is 756. The highest BCUT2D eigenvalue weighted by atomic mass is 35.5. The molecule has 1 aromatic heterocycles. The van der Waals surface area contributed by atoms with Crippen LogP contribution in [0.1, 0.15) is 16.9 Å². The summed E-state index contributed by atoms with van der Waals surface area (Å²) in [7, 11) is 0. The van der Waals surface area contributed by atoms with Crippen molar-refractivity contribution in [1.82, 2.24) is 15.2 Å². The molecule has 6 N–H and O–H groups in total. The molecule has 2 aromatic rings. The third kappa shape index (κ3) is 4.32. The molecule has 2 atom stereocenters. The van der Waals surface area contributed by atoms with E-state index in [9.17, 15) is 4.79 Å². The van der Waals surface area contributed by atoms with E-state index in [1.165, 1.54) is 0 Å². The van der Waals surface area contributed by atoms with Crippen LogP contribution >= 0.6 is 11.6 Å². The molecule has 1 aliphatic heterocycles. The van der Waals surface area contributed by atoms with Crippen molar-refractivity contribution in [3.63, 3.8) is 0 Å². The van der Waals surface area contributed by atoms with Gasteiger partial charge in [0, 0.05) is 29.4 Å². The van der Waals surface area contributed by atoms with Crippen molar-refractivity contribution in [3.05, 3.63) is 35.0 Å². The van der Waals surface area contributed by atoms with Gasteiger partial charge < -0.3 is 26.8 Å². The number of nitrogens with zero attached hydrogens (tertiary/aromatic N) is 3. The van der Waals surface area contributed by atoms with Gasteiger partial charge in [-0.2, -0.15) is 4.98 Å². The van der Waals surface area contributed by atoms with E-state index < -0.39 is 5.91 Å². The van der Waals surface area contributed by atoms with Crippen LogP contribution in [0.5, 0.6) is 0 Å². The summed E-state index contributed by atoms with van der Waals surface area (Å²) in [6, 6.07) is 6.69. The second kappa shape index (κ2) is 7.60. The number of ether oxygens (including phenoxy) is 1. The molecule has 9 nitrogen and oxygen atoms in total. The summed E-state index contributed by atoms with van der Waals surface area (Å²) in [5, 5.41) is 14.5. The van der Waals surface area contributed by atoms with Crippen LogP contribution in [0.2, 0.25) is 5.02 Å². The zero-order chi connectivity index (χ0) is 17.8. The highest BCUT2D eigenvalue weighted by molar-refractivity contribution is 6.30. The Morgan fingerprint density at radius 2 is 2.04 bits per heavy atom. The number of hydrogen-bond acceptors (Lipinski definition) is 8. The van der Waals surface area contributed by atoms with Gasteiger partial charge in [-0.25, -0.2) is 0 Å². The Morgan fingerprint density at radius 1 is 1.28 bits per heavy atom. The molecule has 1 saturated heterocycles. The first-order valence-electron chi connectivity index (χ1n) is 7.70. The Labute approximate surface area is 149 Å². The Hall–Kier alpha value is -2.49. The number of nitrogens with one attached hydrogen (secondary N) is 2. The summed E-state index contributed by atoms with van der Waals surface area (Å²) in [5.74, 6) is -0.275. The van der Waals surface area contributed by atoms with Gasteiger partial charge in [0.1, 0.15) is 0 Å². The zero-order valence-electron chi connectivity index (χ0n) is 13.3. The van der Waals surface area contributed by atoms with Gasteiger partial charge in [-0.3, -0.25) is 4.79 Å². The van der Waals surface area contributed by atoms with Crippen molar-refractivity contribution in [1.29, 1.82) is 0 Å². The van der Waals surface area contributed by atoms with E-state index in [0.29, 0.717) is 23.9 Å². The standard InChI is InChI=1S/C15H18ClN7O2/c16-8-1-3-9(4-2-8)19-14-12(13(18)24)22-23-15(21-14)20-11-5-6-25-7-10(11)17/h1-4,10-11H,5-7,17H2,(H2,18,24)(H2,19,20,21,23)/t10-,11+/m0/s1. The molecule has 0 radical (unpaired) electrons. The van der Waals surface area contributed by atoms with Crippen LogP contribution in [0.3, 0.4) is 0 Å². The molecule has 25 heavy (non-hydrogen) atoms. The average molecular weight is 364 g/mol. The van der Waals surface area contributed by atoms with Gasteiger partial charge in [0.2, 0.25) is 5.95 Å². The lowest BCUT2D eigenvalue weighted by molar-refractivity contribution is 0.0751. The lowest BCUT2D eigenvalue weighted by atomic mass is 10.1. The van der Waals surface area contributed by atoms with Gasteiger partial charge in [-0.15, -0.1) is 10.2 Å². The third-order valence-electron chi connectivity index (χ3n) is 3.74. The van der Waals surface area contributed by atoms with Crippen LogP contribution in [0, 0.1) is 0 Å². The van der Waals surface area contributed by atoms with Crippen molar-refractivity contribution in [2.45, 2.75) is 18.5 Å². The fourth-order valence-corrected chi connectivity index (χ4v) is 2.54. The van der Waals surface area contributed by atoms with E-state index in [0.717, 1.165) is 6.42 Å². The number of nitrogens with two attached hydrogens (primary N) is 2. The zero-order valence-corrected chi connectivity index (χ0v) is 14.0. The highest BCUT2D eigenvalue weighted by Crippen LogP contribution is 2.21. The SMILES string of the molecule is NC(=O)c1nnc(N[C@@H]2CCOC[C@@H]2N)nc1Nc1ccc(Cl)cc1. The van der Waals surface area contributed by atoms with Gasteiger partial charge >= 0.3 is 0 Å². The van der Waals surface area contributed by atoms with Crippen molar-refractivity contribution in [2.24, 2.45) is 11.5 Å². The Morgan fingerprint density at radius 3 is 2.72 bits per heavy atom. The average Bonchev–Trinajstić information content (AvgIpc) is 2.59. The summed E-state index contributed by atoms with van der Waals surface area (Å²) in [6.45, 7) is 1.06. The van der Waals surface area contributed by atoms with Crippen LogP contribution < -0.4 is 22.1 Å². The number of anilines is 3. The molecule has 0 bridgehead atoms. The third-order valence-corrected chi connectivity index (χ3v) is 3.99. The molecule has 3 rings (SSSR count). The van der Waals surface area contributed by atoms with E-state index in [2.05, 4.69) is 25.8 Å². The van der Waals surface area contributed by atoms with Crippen molar-refractivity contribution >= 4 is 35.0 Å². The summed E-state index contributed by atoms with van der Waals surface area (Å²) in [6.07, 6.45) is 0.724. The number of carbonyl (C=O) groups excluding carboxylic acids is 1. The molecular formula is C15H18ClN7O2. The van der Waals surface area contributed by atoms with Crippen molar-refractivity contribution < 1.29 is 9.53 Å². The predicted octanol–water partition coefficient (Wildman–Crippen LogP) is 0.896. The molecular weight excluding hydrogens is 346 g/mol. The molecule has 2 heterocycles. The number of carbonyl (C=O) groups is 1. The normalized spacial score (nSPS) is 20.1. The first-order valence-corrected chi connectivity index (χ1v) is 8.07. The van der Waals surface area contributed by atoms with Gasteiger partial charge in [0.15, 0.2) is 11.5 Å². The van der Waals surface area contributed by atoms with Gasteiger partial charge in [-0.05, 0) is 30.7 Å². The number of primary amides is 1. The van der Waals surface area contributed by atoms with E-state index in [1.807, 2.05) is 0 Å². The second-order valence-electron chi connectivity index (χ2n) is 5.61. The maximum Gasteiger partial charge on any atom is 0.273 e. The minimum atomic E-state index is -0.731. The van der Waals surface area contributed by atoms with Crippen molar-refractivity contribution in [2.75, 3.05) is 23.8 Å². The number of benzene rings is 1. The Balaban J connectivity index is 1.83. The number of amides is 1. The second-order valence-corrected chi connectivity index (χ2v) is 6.04. The monoisotopic (exact) mass is 363 g/mol. The molecule has 0 spiro atoms. The lowest BCUT2D eigenvalue weighted by Gasteiger charge is -2.29. The molecule has 1 aliphatic rings. The molecule has 0 saturated carbocycles. The number of aromatic nitrogens is 3. The van der Waals surface area contributed by atoms with Crippen LogP contribution in [0.15, 0.2) is 24.3 Å². The maximum atomic E-state index is 11.6. The Kier molecular flexibility index (Phi) is 5.27. The first-order chi connectivity index (χ1) is 12.0. The van der Waals surface area contributed by atoms with Gasteiger partial charge in [-0.1, -0.05) is 11.6 Å². The van der Waals surface area contributed by atoms with Crippen LogP contribution in [0.25, 0.3) is 0 Å². The van der Waals surface area contributed by atoms with Crippen LogP contribution in [-0.4, -0.2) is 46.4 Å². The predicted molar refractivity (Wildman–Crippen MR) is 93.9 cm³/mol. The van der Waals surface area contributed by atoms with Crippen LogP contribution in [-0.2, 0) is 4.74 Å². The number of halogens is 1. The van der Waals surface area contributed by atoms with E-state index >= 15 is 0 Å². The number of rotatable bonds is 5. The van der Waals surface area contributed by atoms with E-state index in [4.69, 9.17) is 27.8 Å². The van der Waals surface area contributed by atoms with E-state index in [1.54, 1.807) is 24.3 Å². The molecule has 132 valence electrons. The summed E-state index contributed by atoms with van der Waals surface area (Å²) in [4.78, 5) is 15.9. The maximum absolute atomic E-state index is 11.6. The fourth-order valence-electron chi connectivity index (χ4n) is 2.42. The molecule has 1 amide bonds. The summed E-state index contributed by atoms with van der Waals surface area (Å²) in [5.41, 5.74) is 12.0. The fraction of sp³-hybridized carbons (Fsp3) is 0.333. The van der Waals surface area contributed by atoms with Gasteiger partial charge in [0.05, 0.1) is 6.61 Å². The molecule has 10 heteroatoms. The lowest BCUT2D eigenvalue weighted by Crippen LogP contribution is -2.48. The van der Waals surface area contributed by atoms with Crippen LogP contribution in [0.4, 0.5) is 17.5 Å². The minimum Gasteiger partial charge on any atom is -0.380 e. The molecule has 1 aromatic carbocycles. The molecule has 0 unspecified atom stereocenters. The summed E-state index contributed by atoms with van der Waals surface area (Å²) >= 11 is 5.87. The largest absolute Gasteiger partial charge is 0.380 e. The molecule has 0 aliphatic carbocycles. The highest BCUT2D eigenvalue weighted by Gasteiger charge is 2.24. The topological polar surface area (TPSA) is 141 Å². The number of hydrogen-bond donors (Lipinski definition) is 4. The minimum absolute atomic E-state index is 0.0432.